The number of methoxy groups -OCH3 is 1. The van der Waals surface area contributed by atoms with Gasteiger partial charge in [0, 0.05) is 30.4 Å². The minimum Gasteiger partial charge on any atom is -0.493 e. The zero-order chi connectivity index (χ0) is 27.1. The summed E-state index contributed by atoms with van der Waals surface area (Å²) in [5.74, 6) is 0.563. The first-order valence-electron chi connectivity index (χ1n) is 12.4. The molecule has 0 bridgehead atoms. The number of rotatable bonds is 6. The monoisotopic (exact) mass is 510 g/mol. The van der Waals surface area contributed by atoms with Gasteiger partial charge in [0.15, 0.2) is 11.4 Å². The van der Waals surface area contributed by atoms with Crippen LogP contribution in [0.1, 0.15) is 58.9 Å². The van der Waals surface area contributed by atoms with Crippen LogP contribution in [-0.4, -0.2) is 61.4 Å². The topological polar surface area (TPSA) is 135 Å². The number of nitro groups is 1. The molecule has 1 fully saturated rings. The highest BCUT2D eigenvalue weighted by Gasteiger charge is 2.42. The molecule has 2 aromatic heterocycles. The summed E-state index contributed by atoms with van der Waals surface area (Å²) < 4.78 is 7.09. The average molecular weight is 511 g/mol. The molecule has 1 aliphatic rings. The van der Waals surface area contributed by atoms with E-state index < -0.39 is 11.0 Å². The van der Waals surface area contributed by atoms with Crippen molar-refractivity contribution in [3.63, 3.8) is 0 Å². The van der Waals surface area contributed by atoms with Crippen molar-refractivity contribution in [3.8, 4) is 16.9 Å². The molecule has 1 saturated heterocycles. The van der Waals surface area contributed by atoms with Crippen LogP contribution < -0.4 is 10.1 Å². The number of aromatic nitrogens is 3. The Hall–Kier alpha value is -3.89. The van der Waals surface area contributed by atoms with Crippen molar-refractivity contribution in [2.45, 2.75) is 65.5 Å². The largest absolute Gasteiger partial charge is 0.493 e. The molecule has 2 atom stereocenters. The molecule has 1 amide bonds. The molecule has 3 heterocycles. The van der Waals surface area contributed by atoms with Crippen molar-refractivity contribution in [1.29, 1.82) is 0 Å². The third kappa shape index (κ3) is 5.03. The Labute approximate surface area is 215 Å². The Balaban J connectivity index is 1.84. The summed E-state index contributed by atoms with van der Waals surface area (Å²) in [4.78, 5) is 29.6. The van der Waals surface area contributed by atoms with E-state index in [9.17, 15) is 20.0 Å². The highest BCUT2D eigenvalue weighted by Crippen LogP contribution is 2.41. The van der Waals surface area contributed by atoms with E-state index in [-0.39, 0.29) is 29.1 Å². The molecule has 0 radical (unpaired) electrons. The number of hydrogen-bond acceptors (Lipinski definition) is 7. The van der Waals surface area contributed by atoms with Gasteiger partial charge >= 0.3 is 6.09 Å². The van der Waals surface area contributed by atoms with Crippen molar-refractivity contribution in [1.82, 2.24) is 19.5 Å². The molecule has 2 unspecified atom stereocenters. The maximum Gasteiger partial charge on any atom is 0.407 e. The summed E-state index contributed by atoms with van der Waals surface area (Å²) in [7, 11) is 1.54. The SMILES string of the molecule is COc1cc(-c2cc([N+](=O)[O-])c(NC3CCCN(C(=O)O)C3C(C)(C)C)cc2C(C)C)cn2ncnc12. The van der Waals surface area contributed by atoms with Gasteiger partial charge in [-0.2, -0.15) is 5.10 Å². The highest BCUT2D eigenvalue weighted by molar-refractivity contribution is 5.79. The standard InChI is InChI=1S/C26H34N6O5/c1-15(2)17-11-20(29-19-8-7-9-30(25(33)34)23(19)26(3,4)5)21(32(35)36)12-18(17)16-10-22(37-6)24-27-14-28-31(24)13-16/h10-15,19,23,29H,7-9H2,1-6H3,(H,33,34). The Bertz CT molecular complexity index is 1330. The Morgan fingerprint density at radius 2 is 2.03 bits per heavy atom. The van der Waals surface area contributed by atoms with Crippen LogP contribution >= 0.6 is 0 Å². The highest BCUT2D eigenvalue weighted by atomic mass is 16.6. The van der Waals surface area contributed by atoms with Crippen molar-refractivity contribution in [2.75, 3.05) is 19.0 Å². The zero-order valence-corrected chi connectivity index (χ0v) is 22.1. The smallest absolute Gasteiger partial charge is 0.407 e. The Morgan fingerprint density at radius 1 is 1.30 bits per heavy atom. The summed E-state index contributed by atoms with van der Waals surface area (Å²) in [6.07, 6.45) is 3.62. The van der Waals surface area contributed by atoms with Crippen LogP contribution in [0.25, 0.3) is 16.8 Å². The molecule has 0 saturated carbocycles. The second-order valence-electron chi connectivity index (χ2n) is 10.9. The summed E-state index contributed by atoms with van der Waals surface area (Å²) in [6, 6.07) is 4.60. The number of carbonyl (C=O) groups is 1. The average Bonchev–Trinajstić information content (AvgIpc) is 3.31. The second-order valence-corrected chi connectivity index (χ2v) is 10.9. The predicted octanol–water partition coefficient (Wildman–Crippen LogP) is 5.41. The third-order valence-electron chi connectivity index (χ3n) is 6.96. The Kier molecular flexibility index (Phi) is 6.98. The van der Waals surface area contributed by atoms with Gasteiger partial charge in [0.2, 0.25) is 0 Å². The zero-order valence-electron chi connectivity index (χ0n) is 22.1. The van der Waals surface area contributed by atoms with E-state index in [2.05, 4.69) is 15.4 Å². The van der Waals surface area contributed by atoms with Crippen LogP contribution in [0.3, 0.4) is 0 Å². The van der Waals surface area contributed by atoms with Gasteiger partial charge < -0.3 is 20.1 Å². The molecule has 37 heavy (non-hydrogen) atoms. The van der Waals surface area contributed by atoms with E-state index in [1.54, 1.807) is 23.9 Å². The lowest BCUT2D eigenvalue weighted by molar-refractivity contribution is -0.383. The van der Waals surface area contributed by atoms with Crippen LogP contribution in [0.2, 0.25) is 0 Å². The number of ether oxygens (including phenoxy) is 1. The number of benzene rings is 1. The first kappa shape index (κ1) is 26.2. The number of nitrogens with one attached hydrogen (secondary N) is 1. The summed E-state index contributed by atoms with van der Waals surface area (Å²) >= 11 is 0. The fraction of sp³-hybridized carbons (Fsp3) is 0.500. The normalized spacial score (nSPS) is 18.3. The summed E-state index contributed by atoms with van der Waals surface area (Å²) in [5.41, 5.74) is 2.83. The quantitative estimate of drug-likeness (QED) is 0.332. The summed E-state index contributed by atoms with van der Waals surface area (Å²) in [5, 5.41) is 29.7. The molecular formula is C26H34N6O5. The maximum atomic E-state index is 12.3. The van der Waals surface area contributed by atoms with E-state index in [4.69, 9.17) is 4.74 Å². The first-order chi connectivity index (χ1) is 17.4. The first-order valence-corrected chi connectivity index (χ1v) is 12.4. The number of fused-ring (bicyclic) bond motifs is 1. The molecule has 11 nitrogen and oxygen atoms in total. The van der Waals surface area contributed by atoms with Crippen LogP contribution in [0, 0.1) is 15.5 Å². The number of anilines is 1. The fourth-order valence-electron chi connectivity index (χ4n) is 5.42. The molecule has 1 aliphatic heterocycles. The minimum absolute atomic E-state index is 0.0501. The van der Waals surface area contributed by atoms with Gasteiger partial charge in [0.05, 0.1) is 18.1 Å². The number of amides is 1. The molecule has 4 rings (SSSR count). The number of nitro benzene ring substituents is 1. The van der Waals surface area contributed by atoms with Crippen molar-refractivity contribution in [3.05, 3.63) is 46.4 Å². The molecular weight excluding hydrogens is 476 g/mol. The van der Waals surface area contributed by atoms with Gasteiger partial charge in [-0.15, -0.1) is 0 Å². The predicted molar refractivity (Wildman–Crippen MR) is 140 cm³/mol. The van der Waals surface area contributed by atoms with Gasteiger partial charge in [-0.25, -0.2) is 14.3 Å². The van der Waals surface area contributed by atoms with Gasteiger partial charge in [0.1, 0.15) is 12.0 Å². The van der Waals surface area contributed by atoms with Gasteiger partial charge in [-0.1, -0.05) is 34.6 Å². The van der Waals surface area contributed by atoms with Gasteiger partial charge in [-0.05, 0) is 47.4 Å². The molecule has 1 aromatic carbocycles. The van der Waals surface area contributed by atoms with E-state index in [1.165, 1.54) is 11.2 Å². The molecule has 3 aromatic rings. The number of pyridine rings is 1. The molecule has 0 aliphatic carbocycles. The third-order valence-corrected chi connectivity index (χ3v) is 6.96. The van der Waals surface area contributed by atoms with Crippen molar-refractivity contribution in [2.24, 2.45) is 5.41 Å². The minimum atomic E-state index is -0.975. The van der Waals surface area contributed by atoms with Crippen molar-refractivity contribution < 1.29 is 19.6 Å². The lowest BCUT2D eigenvalue weighted by Crippen LogP contribution is -2.58. The van der Waals surface area contributed by atoms with E-state index in [0.717, 1.165) is 11.1 Å². The lowest BCUT2D eigenvalue weighted by Gasteiger charge is -2.47. The maximum absolute atomic E-state index is 12.3. The van der Waals surface area contributed by atoms with Crippen LogP contribution in [0.4, 0.5) is 16.2 Å². The van der Waals surface area contributed by atoms with Crippen LogP contribution in [0.15, 0.2) is 30.7 Å². The number of nitrogens with zero attached hydrogens (tertiary/aromatic N) is 5. The number of carboxylic acid groups (broad SMARTS) is 1. The molecule has 198 valence electrons. The van der Waals surface area contributed by atoms with Gasteiger partial charge in [-0.3, -0.25) is 10.1 Å². The molecule has 2 N–H and O–H groups in total. The van der Waals surface area contributed by atoms with Crippen LogP contribution in [0.5, 0.6) is 5.75 Å². The number of hydrogen-bond donors (Lipinski definition) is 2. The lowest BCUT2D eigenvalue weighted by atomic mass is 9.77. The second kappa shape index (κ2) is 9.87. The Morgan fingerprint density at radius 3 is 2.62 bits per heavy atom. The van der Waals surface area contributed by atoms with E-state index in [1.807, 2.05) is 46.8 Å². The molecule has 11 heteroatoms. The van der Waals surface area contributed by atoms with Crippen LogP contribution in [-0.2, 0) is 0 Å². The van der Waals surface area contributed by atoms with E-state index >= 15 is 0 Å². The van der Waals surface area contributed by atoms with Gasteiger partial charge in [0.25, 0.3) is 5.69 Å². The molecule has 0 spiro atoms. The number of piperidine rings is 1. The van der Waals surface area contributed by atoms with Crippen molar-refractivity contribution >= 4 is 23.1 Å². The fourth-order valence-corrected chi connectivity index (χ4v) is 5.42. The van der Waals surface area contributed by atoms with E-state index in [0.29, 0.717) is 42.0 Å². The summed E-state index contributed by atoms with van der Waals surface area (Å²) in [6.45, 7) is 10.5. The number of likely N-dealkylation sites (tertiary alicyclic amines) is 1.